The molecule has 1 atom stereocenters. The molecule has 0 aliphatic rings. The molecule has 6 heteroatoms. The van der Waals surface area contributed by atoms with E-state index in [1.807, 2.05) is 19.9 Å². The van der Waals surface area contributed by atoms with E-state index in [4.69, 9.17) is 15.7 Å². The predicted molar refractivity (Wildman–Crippen MR) is 63.2 cm³/mol. The number of nitrogen functional groups attached to an aromatic ring is 1. The van der Waals surface area contributed by atoms with Gasteiger partial charge in [0.1, 0.15) is 17.5 Å². The molecule has 0 aliphatic carbocycles. The maximum absolute atomic E-state index is 9.72. The summed E-state index contributed by atoms with van der Waals surface area (Å²) in [6, 6.07) is 1.99. The van der Waals surface area contributed by atoms with Crippen molar-refractivity contribution >= 4 is 5.82 Å². The molecule has 0 spiro atoms. The first kappa shape index (κ1) is 13.5. The van der Waals surface area contributed by atoms with Gasteiger partial charge in [0, 0.05) is 0 Å². The summed E-state index contributed by atoms with van der Waals surface area (Å²) in [5.41, 5.74) is 6.68. The van der Waals surface area contributed by atoms with Crippen LogP contribution in [-0.4, -0.2) is 33.7 Å². The molecule has 0 saturated carbocycles. The topological polar surface area (TPSA) is 97.1 Å². The Labute approximate surface area is 101 Å². The first-order chi connectivity index (χ1) is 7.95. The van der Waals surface area contributed by atoms with E-state index in [2.05, 4.69) is 5.10 Å². The third-order valence-electron chi connectivity index (χ3n) is 2.28. The number of aliphatic hydroxyl groups is 1. The van der Waals surface area contributed by atoms with Gasteiger partial charge in [-0.2, -0.15) is 10.4 Å². The summed E-state index contributed by atoms with van der Waals surface area (Å²) in [6.45, 7) is 5.95. The van der Waals surface area contributed by atoms with Crippen molar-refractivity contribution in [3.05, 3.63) is 11.3 Å². The van der Waals surface area contributed by atoms with Gasteiger partial charge < -0.3 is 15.6 Å². The summed E-state index contributed by atoms with van der Waals surface area (Å²) in [5.74, 6) is 0.286. The highest BCUT2D eigenvalue weighted by Crippen LogP contribution is 2.15. The Morgan fingerprint density at radius 3 is 2.71 bits per heavy atom. The van der Waals surface area contributed by atoms with Crippen LogP contribution in [0.2, 0.25) is 0 Å². The normalized spacial score (nSPS) is 12.7. The number of hydrogen-bond acceptors (Lipinski definition) is 5. The van der Waals surface area contributed by atoms with Crippen LogP contribution in [0, 0.1) is 18.3 Å². The fourth-order valence-electron chi connectivity index (χ4n) is 1.43. The largest absolute Gasteiger partial charge is 0.389 e. The van der Waals surface area contributed by atoms with Gasteiger partial charge in [-0.25, -0.2) is 4.68 Å². The van der Waals surface area contributed by atoms with Crippen LogP contribution in [0.3, 0.4) is 0 Å². The molecule has 3 N–H and O–H groups in total. The summed E-state index contributed by atoms with van der Waals surface area (Å²) in [5, 5.41) is 22.7. The van der Waals surface area contributed by atoms with Crippen molar-refractivity contribution in [3.63, 3.8) is 0 Å². The minimum absolute atomic E-state index is 0.0658. The maximum atomic E-state index is 9.72. The molecule has 1 aromatic rings. The number of nitriles is 1. The highest BCUT2D eigenvalue weighted by Gasteiger charge is 2.15. The molecule has 94 valence electrons. The molecule has 1 aromatic heterocycles. The third-order valence-corrected chi connectivity index (χ3v) is 2.28. The Morgan fingerprint density at radius 2 is 2.24 bits per heavy atom. The van der Waals surface area contributed by atoms with E-state index < -0.39 is 6.10 Å². The summed E-state index contributed by atoms with van der Waals surface area (Å²) >= 11 is 0. The van der Waals surface area contributed by atoms with Crippen molar-refractivity contribution in [2.75, 3.05) is 12.3 Å². The molecular formula is C11H18N4O2. The van der Waals surface area contributed by atoms with Crippen LogP contribution in [0.5, 0.6) is 0 Å². The lowest BCUT2D eigenvalue weighted by molar-refractivity contribution is -0.00178. The SMILES string of the molecule is Cc1nn(CC(O)COC(C)C)c(N)c1C#N. The molecule has 0 aromatic carbocycles. The highest BCUT2D eigenvalue weighted by atomic mass is 16.5. The first-order valence-corrected chi connectivity index (χ1v) is 5.48. The smallest absolute Gasteiger partial charge is 0.140 e. The summed E-state index contributed by atoms with van der Waals surface area (Å²) < 4.78 is 6.71. The third kappa shape index (κ3) is 3.44. The fourth-order valence-corrected chi connectivity index (χ4v) is 1.43. The zero-order valence-electron chi connectivity index (χ0n) is 10.3. The maximum Gasteiger partial charge on any atom is 0.140 e. The lowest BCUT2D eigenvalue weighted by Gasteiger charge is -2.14. The van der Waals surface area contributed by atoms with E-state index in [1.165, 1.54) is 4.68 Å². The standard InChI is InChI=1S/C11H18N4O2/c1-7(2)17-6-9(16)5-15-11(13)10(4-12)8(3)14-15/h7,9,16H,5-6,13H2,1-3H3. The lowest BCUT2D eigenvalue weighted by Crippen LogP contribution is -2.25. The predicted octanol–water partition coefficient (Wildman–Crippen LogP) is 0.431. The van der Waals surface area contributed by atoms with E-state index in [1.54, 1.807) is 6.92 Å². The van der Waals surface area contributed by atoms with Crippen LogP contribution in [0.4, 0.5) is 5.82 Å². The number of aryl methyl sites for hydroxylation is 1. The number of aromatic nitrogens is 2. The number of nitrogens with two attached hydrogens (primary N) is 1. The summed E-state index contributed by atoms with van der Waals surface area (Å²) in [4.78, 5) is 0. The fraction of sp³-hybridized carbons (Fsp3) is 0.636. The average Bonchev–Trinajstić information content (AvgIpc) is 2.51. The molecule has 1 heterocycles. The zero-order chi connectivity index (χ0) is 13.0. The minimum atomic E-state index is -0.689. The molecule has 1 unspecified atom stereocenters. The number of rotatable bonds is 5. The Kier molecular flexibility index (Phi) is 4.49. The number of nitrogens with zero attached hydrogens (tertiary/aromatic N) is 3. The highest BCUT2D eigenvalue weighted by molar-refractivity contribution is 5.51. The number of anilines is 1. The summed E-state index contributed by atoms with van der Waals surface area (Å²) in [6.07, 6.45) is -0.624. The molecule has 0 amide bonds. The van der Waals surface area contributed by atoms with Crippen LogP contribution in [0.15, 0.2) is 0 Å². The van der Waals surface area contributed by atoms with Gasteiger partial charge in [-0.15, -0.1) is 0 Å². The van der Waals surface area contributed by atoms with E-state index in [0.29, 0.717) is 11.3 Å². The average molecular weight is 238 g/mol. The molecule has 6 nitrogen and oxygen atoms in total. The lowest BCUT2D eigenvalue weighted by atomic mass is 10.3. The van der Waals surface area contributed by atoms with Crippen LogP contribution < -0.4 is 5.73 Å². The van der Waals surface area contributed by atoms with E-state index in [9.17, 15) is 5.11 Å². The second-order valence-corrected chi connectivity index (χ2v) is 4.18. The molecule has 0 fully saturated rings. The number of ether oxygens (including phenoxy) is 1. The molecule has 0 aliphatic heterocycles. The Bertz CT molecular complexity index is 420. The minimum Gasteiger partial charge on any atom is -0.389 e. The molecule has 17 heavy (non-hydrogen) atoms. The van der Waals surface area contributed by atoms with Crippen LogP contribution in [0.25, 0.3) is 0 Å². The van der Waals surface area contributed by atoms with Gasteiger partial charge in [-0.1, -0.05) is 0 Å². The van der Waals surface area contributed by atoms with Gasteiger partial charge in [-0.05, 0) is 20.8 Å². The van der Waals surface area contributed by atoms with Gasteiger partial charge in [0.2, 0.25) is 0 Å². The first-order valence-electron chi connectivity index (χ1n) is 5.48. The molecule has 0 saturated heterocycles. The van der Waals surface area contributed by atoms with E-state index in [-0.39, 0.29) is 25.1 Å². The molecule has 1 rings (SSSR count). The number of aliphatic hydroxyl groups excluding tert-OH is 1. The van der Waals surface area contributed by atoms with Crippen molar-refractivity contribution in [1.29, 1.82) is 5.26 Å². The van der Waals surface area contributed by atoms with Crippen molar-refractivity contribution in [1.82, 2.24) is 9.78 Å². The van der Waals surface area contributed by atoms with Crippen LogP contribution in [-0.2, 0) is 11.3 Å². The van der Waals surface area contributed by atoms with Gasteiger partial charge in [0.05, 0.1) is 31.1 Å². The van der Waals surface area contributed by atoms with Gasteiger partial charge in [0.25, 0.3) is 0 Å². The van der Waals surface area contributed by atoms with Crippen molar-refractivity contribution in [2.24, 2.45) is 0 Å². The van der Waals surface area contributed by atoms with Gasteiger partial charge >= 0.3 is 0 Å². The second-order valence-electron chi connectivity index (χ2n) is 4.18. The second kappa shape index (κ2) is 5.66. The van der Waals surface area contributed by atoms with Gasteiger partial charge in [0.15, 0.2) is 0 Å². The Hall–Kier alpha value is -1.58. The van der Waals surface area contributed by atoms with Crippen LogP contribution in [0.1, 0.15) is 25.1 Å². The molecular weight excluding hydrogens is 220 g/mol. The Morgan fingerprint density at radius 1 is 1.59 bits per heavy atom. The van der Waals surface area contributed by atoms with Crippen molar-refractivity contribution in [3.8, 4) is 6.07 Å². The summed E-state index contributed by atoms with van der Waals surface area (Å²) in [7, 11) is 0. The van der Waals surface area contributed by atoms with Gasteiger partial charge in [-0.3, -0.25) is 0 Å². The zero-order valence-corrected chi connectivity index (χ0v) is 10.3. The quantitative estimate of drug-likeness (QED) is 0.775. The molecule has 0 radical (unpaired) electrons. The molecule has 0 bridgehead atoms. The van der Waals surface area contributed by atoms with Crippen LogP contribution >= 0.6 is 0 Å². The monoisotopic (exact) mass is 238 g/mol. The van der Waals surface area contributed by atoms with Crippen molar-refractivity contribution < 1.29 is 9.84 Å². The van der Waals surface area contributed by atoms with E-state index in [0.717, 1.165) is 0 Å². The van der Waals surface area contributed by atoms with E-state index >= 15 is 0 Å². The van der Waals surface area contributed by atoms with Crippen molar-refractivity contribution in [2.45, 2.75) is 39.5 Å². The Balaban J connectivity index is 2.66. The number of hydrogen-bond donors (Lipinski definition) is 2.